The zero-order chi connectivity index (χ0) is 23.6. The number of aliphatic carboxylic acids is 1. The molecule has 0 spiro atoms. The first-order chi connectivity index (χ1) is 15.7. The Labute approximate surface area is 208 Å². The number of hydrogen-bond acceptors (Lipinski definition) is 6. The number of aryl methyl sites for hydroxylation is 1. The van der Waals surface area contributed by atoms with Crippen molar-refractivity contribution >= 4 is 29.5 Å². The molecule has 2 saturated heterocycles. The van der Waals surface area contributed by atoms with Crippen LogP contribution in [0, 0.1) is 11.8 Å². The summed E-state index contributed by atoms with van der Waals surface area (Å²) in [4.78, 5) is 41.6. The summed E-state index contributed by atoms with van der Waals surface area (Å²) in [7, 11) is 1.97. The number of carbonyl (C=O) groups excluding carboxylic acids is 2. The Kier molecular flexibility index (Phi) is 6.75. The molecule has 0 unspecified atom stereocenters. The van der Waals surface area contributed by atoms with Crippen molar-refractivity contribution in [2.24, 2.45) is 18.9 Å². The average Bonchev–Trinajstić information content (AvgIpc) is 3.42. The molecular formula is C22H30ClN5O5S. The van der Waals surface area contributed by atoms with Gasteiger partial charge >= 0.3 is 5.97 Å². The van der Waals surface area contributed by atoms with Gasteiger partial charge in [-0.2, -0.15) is 0 Å². The molecule has 5 rings (SSSR count). The van der Waals surface area contributed by atoms with Crippen LogP contribution in [0.5, 0.6) is 0 Å². The number of carboxylic acid groups (broad SMARTS) is 1. The number of β-lactam (4-membered cyclic amide) rings is 1. The zero-order valence-corrected chi connectivity index (χ0v) is 20.9. The van der Waals surface area contributed by atoms with E-state index in [0.29, 0.717) is 31.0 Å². The normalized spacial score (nSPS) is 31.1. The molecule has 4 aliphatic heterocycles. The van der Waals surface area contributed by atoms with E-state index in [9.17, 15) is 24.6 Å². The SMILES string of the molecule is C[C@@H](O)[C@H]1C(=O)N2C(C(=O)O)=C(S[C@@H]3CN[C@H](C(=O)N4CCn5c[n+](C)cc5C4)C3)[C@H](C)[C@H]12.[Cl-]. The predicted molar refractivity (Wildman–Crippen MR) is 118 cm³/mol. The summed E-state index contributed by atoms with van der Waals surface area (Å²) in [5, 5.41) is 23.2. The highest BCUT2D eigenvalue weighted by molar-refractivity contribution is 8.03. The van der Waals surface area contributed by atoms with Crippen molar-refractivity contribution in [1.29, 1.82) is 0 Å². The highest BCUT2D eigenvalue weighted by Gasteiger charge is 2.60. The maximum absolute atomic E-state index is 13.2. The molecule has 12 heteroatoms. The van der Waals surface area contributed by atoms with E-state index >= 15 is 0 Å². The molecule has 10 nitrogen and oxygen atoms in total. The summed E-state index contributed by atoms with van der Waals surface area (Å²) in [5.74, 6) is -2.09. The summed E-state index contributed by atoms with van der Waals surface area (Å²) >= 11 is 1.46. The second-order valence-electron chi connectivity index (χ2n) is 9.56. The maximum atomic E-state index is 13.2. The lowest BCUT2D eigenvalue weighted by atomic mass is 9.79. The minimum atomic E-state index is -1.12. The largest absolute Gasteiger partial charge is 1.00 e. The van der Waals surface area contributed by atoms with E-state index in [1.807, 2.05) is 36.0 Å². The van der Waals surface area contributed by atoms with Gasteiger partial charge in [0.1, 0.15) is 18.4 Å². The second kappa shape index (κ2) is 9.18. The number of aromatic nitrogens is 2. The van der Waals surface area contributed by atoms with Crippen molar-refractivity contribution < 1.29 is 41.6 Å². The minimum absolute atomic E-state index is 0. The van der Waals surface area contributed by atoms with Gasteiger partial charge in [0.05, 0.1) is 44.2 Å². The van der Waals surface area contributed by atoms with Crippen molar-refractivity contribution in [3.05, 3.63) is 28.8 Å². The molecule has 2 amide bonds. The molecule has 0 saturated carbocycles. The number of hydrogen-bond donors (Lipinski definition) is 3. The smallest absolute Gasteiger partial charge is 0.353 e. The first kappa shape index (κ1) is 25.0. The highest BCUT2D eigenvalue weighted by atomic mass is 35.5. The number of aliphatic hydroxyl groups excluding tert-OH is 1. The number of amides is 2. The number of halogens is 1. The molecule has 186 valence electrons. The van der Waals surface area contributed by atoms with Crippen molar-refractivity contribution in [1.82, 2.24) is 19.7 Å². The molecule has 1 aromatic heterocycles. The number of aliphatic hydroxyl groups is 1. The topological polar surface area (TPSA) is 119 Å². The lowest BCUT2D eigenvalue weighted by molar-refractivity contribution is -0.671. The quantitative estimate of drug-likeness (QED) is 0.275. The van der Waals surface area contributed by atoms with Crippen LogP contribution >= 0.6 is 11.8 Å². The molecule has 34 heavy (non-hydrogen) atoms. The highest BCUT2D eigenvalue weighted by Crippen LogP contribution is 2.51. The van der Waals surface area contributed by atoms with Crippen LogP contribution in [0.2, 0.25) is 0 Å². The number of rotatable bonds is 5. The van der Waals surface area contributed by atoms with Gasteiger partial charge in [0, 0.05) is 22.6 Å². The number of nitrogens with zero attached hydrogens (tertiary/aromatic N) is 4. The maximum Gasteiger partial charge on any atom is 0.353 e. The Balaban J connectivity index is 0.00000274. The predicted octanol–water partition coefficient (Wildman–Crippen LogP) is -3.72. The lowest BCUT2D eigenvalue weighted by Crippen LogP contribution is -3.00. The number of imidazole rings is 1. The monoisotopic (exact) mass is 511 g/mol. The molecule has 6 atom stereocenters. The first-order valence-corrected chi connectivity index (χ1v) is 12.3. The van der Waals surface area contributed by atoms with E-state index in [1.54, 1.807) is 6.92 Å². The average molecular weight is 512 g/mol. The van der Waals surface area contributed by atoms with Gasteiger partial charge in [0.2, 0.25) is 18.1 Å². The Morgan fingerprint density at radius 2 is 2.06 bits per heavy atom. The number of thioether (sulfide) groups is 1. The van der Waals surface area contributed by atoms with E-state index in [4.69, 9.17) is 0 Å². The van der Waals surface area contributed by atoms with E-state index < -0.39 is 18.0 Å². The first-order valence-electron chi connectivity index (χ1n) is 11.4. The molecule has 0 radical (unpaired) electrons. The lowest BCUT2D eigenvalue weighted by Gasteiger charge is -2.46. The Morgan fingerprint density at radius 1 is 1.32 bits per heavy atom. The van der Waals surface area contributed by atoms with Crippen LogP contribution in [0.4, 0.5) is 0 Å². The molecule has 2 fully saturated rings. The van der Waals surface area contributed by atoms with E-state index in [2.05, 4.69) is 9.88 Å². The van der Waals surface area contributed by atoms with Crippen LogP contribution in [0.3, 0.4) is 0 Å². The number of carbonyl (C=O) groups is 3. The third kappa shape index (κ3) is 3.92. The summed E-state index contributed by atoms with van der Waals surface area (Å²) in [6, 6.07) is -0.615. The molecule has 1 aromatic rings. The zero-order valence-electron chi connectivity index (χ0n) is 19.3. The van der Waals surface area contributed by atoms with Gasteiger partial charge in [-0.15, -0.1) is 11.8 Å². The van der Waals surface area contributed by atoms with Gasteiger partial charge in [-0.05, 0) is 13.3 Å². The van der Waals surface area contributed by atoms with E-state index in [0.717, 1.165) is 12.2 Å². The molecular weight excluding hydrogens is 482 g/mol. The van der Waals surface area contributed by atoms with Crippen molar-refractivity contribution in [3.8, 4) is 0 Å². The Hall–Kier alpha value is -2.08. The fourth-order valence-electron chi connectivity index (χ4n) is 5.72. The number of fused-ring (bicyclic) bond motifs is 2. The van der Waals surface area contributed by atoms with Gasteiger partial charge < -0.3 is 37.7 Å². The standard InChI is InChI=1S/C22H29N5O5S.ClH/c1-11-17-16(12(2)28)21(30)27(17)18(22(31)32)19(11)33-14-6-15(23-7-14)20(29)25-4-5-26-10-24(3)8-13(26)9-25;/h8,10-12,14-17,23,28H,4-7,9H2,1-3H3;1H/t11-,12-,14+,15+,16-,17-;/m1./s1. The van der Waals surface area contributed by atoms with Gasteiger partial charge in [0.15, 0.2) is 5.69 Å². The third-order valence-electron chi connectivity index (χ3n) is 7.31. The second-order valence-corrected chi connectivity index (χ2v) is 10.9. The van der Waals surface area contributed by atoms with Crippen LogP contribution in [-0.2, 0) is 34.5 Å². The molecule has 0 aliphatic carbocycles. The fourth-order valence-corrected chi connectivity index (χ4v) is 7.20. The van der Waals surface area contributed by atoms with Crippen molar-refractivity contribution in [2.45, 2.75) is 56.8 Å². The van der Waals surface area contributed by atoms with Gasteiger partial charge in [-0.3, -0.25) is 9.59 Å². The summed E-state index contributed by atoms with van der Waals surface area (Å²) in [6.45, 7) is 6.12. The summed E-state index contributed by atoms with van der Waals surface area (Å²) in [6.07, 6.45) is 3.86. The molecule has 0 bridgehead atoms. The summed E-state index contributed by atoms with van der Waals surface area (Å²) in [5.41, 5.74) is 1.15. The van der Waals surface area contributed by atoms with Crippen LogP contribution in [-0.4, -0.2) is 78.9 Å². The molecule has 5 heterocycles. The third-order valence-corrected chi connectivity index (χ3v) is 8.82. The number of nitrogens with one attached hydrogen (secondary N) is 1. The Morgan fingerprint density at radius 3 is 2.74 bits per heavy atom. The Bertz CT molecular complexity index is 1060. The molecule has 3 N–H and O–H groups in total. The molecule has 4 aliphatic rings. The van der Waals surface area contributed by atoms with Gasteiger partial charge in [-0.1, -0.05) is 6.92 Å². The van der Waals surface area contributed by atoms with Crippen LogP contribution < -0.4 is 22.3 Å². The minimum Gasteiger partial charge on any atom is -1.00 e. The van der Waals surface area contributed by atoms with Crippen LogP contribution in [0.25, 0.3) is 0 Å². The van der Waals surface area contributed by atoms with Crippen LogP contribution in [0.1, 0.15) is 26.0 Å². The molecule has 0 aromatic carbocycles. The van der Waals surface area contributed by atoms with Gasteiger partial charge in [-0.25, -0.2) is 13.9 Å². The van der Waals surface area contributed by atoms with E-state index in [1.165, 1.54) is 16.7 Å². The van der Waals surface area contributed by atoms with Crippen molar-refractivity contribution in [3.63, 3.8) is 0 Å². The van der Waals surface area contributed by atoms with E-state index in [-0.39, 0.29) is 53.2 Å². The van der Waals surface area contributed by atoms with Gasteiger partial charge in [0.25, 0.3) is 0 Å². The summed E-state index contributed by atoms with van der Waals surface area (Å²) < 4.78 is 4.16. The van der Waals surface area contributed by atoms with Crippen LogP contribution in [0.15, 0.2) is 23.1 Å². The fraction of sp³-hybridized carbons (Fsp3) is 0.636. The van der Waals surface area contributed by atoms with Crippen molar-refractivity contribution in [2.75, 3.05) is 13.1 Å². The number of carboxylic acids is 1.